The van der Waals surface area contributed by atoms with Gasteiger partial charge in [-0.2, -0.15) is 0 Å². The van der Waals surface area contributed by atoms with Crippen LogP contribution in [0.1, 0.15) is 5.56 Å². The second-order valence-electron chi connectivity index (χ2n) is 3.66. The van der Waals surface area contributed by atoms with E-state index < -0.39 is 0 Å². The fraction of sp³-hybridized carbons (Fsp3) is 0.231. The Hall–Kier alpha value is -1.90. The predicted octanol–water partition coefficient (Wildman–Crippen LogP) is 2.87. The van der Waals surface area contributed by atoms with Gasteiger partial charge in [-0.15, -0.1) is 0 Å². The van der Waals surface area contributed by atoms with Crippen molar-refractivity contribution in [1.82, 2.24) is 0 Å². The van der Waals surface area contributed by atoms with Crippen LogP contribution in [0.5, 0.6) is 17.2 Å². The predicted molar refractivity (Wildman–Crippen MR) is 63.5 cm³/mol. The van der Waals surface area contributed by atoms with E-state index in [1.165, 1.54) is 0 Å². The Morgan fingerprint density at radius 3 is 2.25 bits per heavy atom. The lowest BCUT2D eigenvalue weighted by Crippen LogP contribution is -1.91. The van der Waals surface area contributed by atoms with Gasteiger partial charge in [-0.25, -0.2) is 0 Å². The van der Waals surface area contributed by atoms with Crippen molar-refractivity contribution in [1.29, 1.82) is 0 Å². The van der Waals surface area contributed by atoms with E-state index in [0.717, 1.165) is 16.3 Å². The Balaban J connectivity index is 2.78. The number of fused-ring (bicyclic) bond motifs is 1. The van der Waals surface area contributed by atoms with Crippen molar-refractivity contribution in [3.05, 3.63) is 29.8 Å². The molecule has 0 radical (unpaired) electrons. The highest BCUT2D eigenvalue weighted by molar-refractivity contribution is 5.92. The van der Waals surface area contributed by atoms with Crippen LogP contribution >= 0.6 is 0 Å². The largest absolute Gasteiger partial charge is 0.507 e. The van der Waals surface area contributed by atoms with E-state index in [1.54, 1.807) is 20.3 Å². The van der Waals surface area contributed by atoms with Gasteiger partial charge in [-0.05, 0) is 30.0 Å². The van der Waals surface area contributed by atoms with Gasteiger partial charge in [0.2, 0.25) is 0 Å². The minimum absolute atomic E-state index is 0.290. The van der Waals surface area contributed by atoms with E-state index in [1.807, 2.05) is 25.1 Å². The number of aryl methyl sites for hydroxylation is 1. The van der Waals surface area contributed by atoms with Gasteiger partial charge < -0.3 is 14.6 Å². The minimum atomic E-state index is 0.290. The van der Waals surface area contributed by atoms with E-state index in [2.05, 4.69) is 0 Å². The molecule has 0 aromatic heterocycles. The minimum Gasteiger partial charge on any atom is -0.507 e. The Labute approximate surface area is 94.2 Å². The number of hydrogen-bond acceptors (Lipinski definition) is 3. The van der Waals surface area contributed by atoms with Gasteiger partial charge in [0.15, 0.2) is 11.5 Å². The summed E-state index contributed by atoms with van der Waals surface area (Å²) >= 11 is 0. The molecular formula is C13H14O3. The fourth-order valence-electron chi connectivity index (χ4n) is 1.74. The van der Waals surface area contributed by atoms with E-state index in [0.29, 0.717) is 17.2 Å². The molecule has 0 heterocycles. The quantitative estimate of drug-likeness (QED) is 0.842. The van der Waals surface area contributed by atoms with Crippen LogP contribution in [0.2, 0.25) is 0 Å². The van der Waals surface area contributed by atoms with Gasteiger partial charge in [-0.3, -0.25) is 0 Å². The summed E-state index contributed by atoms with van der Waals surface area (Å²) in [6.07, 6.45) is 0. The highest BCUT2D eigenvalue weighted by Crippen LogP contribution is 2.37. The number of hydrogen-bond donors (Lipinski definition) is 1. The lowest BCUT2D eigenvalue weighted by Gasteiger charge is -2.10. The molecule has 0 aliphatic heterocycles. The van der Waals surface area contributed by atoms with E-state index in [9.17, 15) is 5.11 Å². The van der Waals surface area contributed by atoms with Crippen molar-refractivity contribution in [2.45, 2.75) is 6.92 Å². The third-order valence-corrected chi connectivity index (χ3v) is 2.70. The van der Waals surface area contributed by atoms with Gasteiger partial charge in [0.05, 0.1) is 14.2 Å². The third-order valence-electron chi connectivity index (χ3n) is 2.70. The summed E-state index contributed by atoms with van der Waals surface area (Å²) in [5.74, 6) is 1.58. The molecule has 0 bridgehead atoms. The van der Waals surface area contributed by atoms with Crippen molar-refractivity contribution >= 4 is 10.8 Å². The molecule has 2 rings (SSSR count). The first-order valence-corrected chi connectivity index (χ1v) is 5.01. The second-order valence-corrected chi connectivity index (χ2v) is 3.66. The maximum atomic E-state index is 9.95. The summed E-state index contributed by atoms with van der Waals surface area (Å²) in [5, 5.41) is 11.7. The summed E-state index contributed by atoms with van der Waals surface area (Å²) in [5.41, 5.74) is 0.847. The first-order chi connectivity index (χ1) is 7.67. The number of rotatable bonds is 2. The molecule has 0 fully saturated rings. The lowest BCUT2D eigenvalue weighted by atomic mass is 10.1. The zero-order valence-corrected chi connectivity index (χ0v) is 9.57. The van der Waals surface area contributed by atoms with Crippen LogP contribution in [-0.2, 0) is 0 Å². The van der Waals surface area contributed by atoms with Crippen LogP contribution in [-0.4, -0.2) is 19.3 Å². The van der Waals surface area contributed by atoms with Crippen LogP contribution in [0.15, 0.2) is 24.3 Å². The Morgan fingerprint density at radius 2 is 1.62 bits per heavy atom. The van der Waals surface area contributed by atoms with Crippen molar-refractivity contribution in [3.63, 3.8) is 0 Å². The molecule has 0 unspecified atom stereocenters. The summed E-state index contributed by atoms with van der Waals surface area (Å²) < 4.78 is 10.4. The standard InChI is InChI=1S/C13H14O3/c1-8-4-5-9-6-11(15-2)12(16-3)7-10(9)13(8)14/h4-7,14H,1-3H3. The summed E-state index contributed by atoms with van der Waals surface area (Å²) in [6.45, 7) is 1.87. The number of methoxy groups -OCH3 is 2. The van der Waals surface area contributed by atoms with Gasteiger partial charge in [0.25, 0.3) is 0 Å². The van der Waals surface area contributed by atoms with Crippen LogP contribution in [0, 0.1) is 6.92 Å². The Morgan fingerprint density at radius 1 is 1.00 bits per heavy atom. The lowest BCUT2D eigenvalue weighted by molar-refractivity contribution is 0.355. The van der Waals surface area contributed by atoms with Gasteiger partial charge >= 0.3 is 0 Å². The maximum Gasteiger partial charge on any atom is 0.161 e. The molecular weight excluding hydrogens is 204 g/mol. The third kappa shape index (κ3) is 1.54. The zero-order valence-electron chi connectivity index (χ0n) is 9.57. The SMILES string of the molecule is COc1cc2ccc(C)c(O)c2cc1OC. The highest BCUT2D eigenvalue weighted by atomic mass is 16.5. The number of aromatic hydroxyl groups is 1. The van der Waals surface area contributed by atoms with Crippen molar-refractivity contribution < 1.29 is 14.6 Å². The molecule has 1 N–H and O–H groups in total. The van der Waals surface area contributed by atoms with E-state index in [-0.39, 0.29) is 0 Å². The van der Waals surface area contributed by atoms with Crippen molar-refractivity contribution in [3.8, 4) is 17.2 Å². The van der Waals surface area contributed by atoms with Crippen molar-refractivity contribution in [2.24, 2.45) is 0 Å². The number of phenolic OH excluding ortho intramolecular Hbond substituents is 1. The highest BCUT2D eigenvalue weighted by Gasteiger charge is 2.09. The number of benzene rings is 2. The molecule has 0 amide bonds. The van der Waals surface area contributed by atoms with Crippen LogP contribution < -0.4 is 9.47 Å². The summed E-state index contributed by atoms with van der Waals surface area (Å²) in [7, 11) is 3.17. The number of phenols is 1. The van der Waals surface area contributed by atoms with Crippen LogP contribution in [0.3, 0.4) is 0 Å². The van der Waals surface area contributed by atoms with Gasteiger partial charge in [-0.1, -0.05) is 12.1 Å². The topological polar surface area (TPSA) is 38.7 Å². The average Bonchev–Trinajstić information content (AvgIpc) is 2.32. The Kier molecular flexibility index (Phi) is 2.60. The summed E-state index contributed by atoms with van der Waals surface area (Å²) in [4.78, 5) is 0. The monoisotopic (exact) mass is 218 g/mol. The molecule has 0 spiro atoms. The summed E-state index contributed by atoms with van der Waals surface area (Å²) in [6, 6.07) is 7.47. The maximum absolute atomic E-state index is 9.95. The first-order valence-electron chi connectivity index (χ1n) is 5.01. The molecule has 0 atom stereocenters. The smallest absolute Gasteiger partial charge is 0.161 e. The Bertz CT molecular complexity index is 532. The van der Waals surface area contributed by atoms with Crippen LogP contribution in [0.25, 0.3) is 10.8 Å². The molecule has 0 saturated heterocycles. The molecule has 3 nitrogen and oxygen atoms in total. The fourth-order valence-corrected chi connectivity index (χ4v) is 1.74. The van der Waals surface area contributed by atoms with Gasteiger partial charge in [0, 0.05) is 5.39 Å². The van der Waals surface area contributed by atoms with Crippen LogP contribution in [0.4, 0.5) is 0 Å². The van der Waals surface area contributed by atoms with Gasteiger partial charge in [0.1, 0.15) is 5.75 Å². The number of ether oxygens (including phenoxy) is 2. The molecule has 16 heavy (non-hydrogen) atoms. The molecule has 3 heteroatoms. The van der Waals surface area contributed by atoms with E-state index >= 15 is 0 Å². The first kappa shape index (κ1) is 10.6. The molecule has 0 aliphatic rings. The molecule has 0 aliphatic carbocycles. The zero-order chi connectivity index (χ0) is 11.7. The normalized spacial score (nSPS) is 10.4. The molecule has 2 aromatic carbocycles. The van der Waals surface area contributed by atoms with E-state index in [4.69, 9.17) is 9.47 Å². The molecule has 84 valence electrons. The molecule has 2 aromatic rings. The average molecular weight is 218 g/mol. The molecule has 0 saturated carbocycles. The second kappa shape index (κ2) is 3.93. The van der Waals surface area contributed by atoms with Crippen molar-refractivity contribution in [2.75, 3.05) is 14.2 Å².